The molecule has 8 heteroatoms. The largest absolute Gasteiger partial charge is 0.469 e. The SMILES string of the molecule is CCCn1c(=O)c2[nH]c(C34CCC(CCC(=O)OC)(CC3)CC4)nc2n(CCC)c1=O. The second kappa shape index (κ2) is 8.28. The van der Waals surface area contributed by atoms with Gasteiger partial charge in [-0.3, -0.25) is 18.7 Å². The molecule has 0 spiro atoms. The second-order valence-electron chi connectivity index (χ2n) is 9.53. The highest BCUT2D eigenvalue weighted by Gasteiger charge is 2.50. The number of ether oxygens (including phenoxy) is 1. The molecule has 0 radical (unpaired) electrons. The van der Waals surface area contributed by atoms with Crippen LogP contribution in [0.4, 0.5) is 0 Å². The van der Waals surface area contributed by atoms with Gasteiger partial charge in [-0.25, -0.2) is 9.78 Å². The fourth-order valence-electron chi connectivity index (χ4n) is 5.73. The first-order valence-corrected chi connectivity index (χ1v) is 11.7. The van der Waals surface area contributed by atoms with Crippen molar-refractivity contribution in [1.82, 2.24) is 19.1 Å². The van der Waals surface area contributed by atoms with Crippen LogP contribution in [-0.2, 0) is 28.0 Å². The van der Waals surface area contributed by atoms with E-state index < -0.39 is 0 Å². The lowest BCUT2D eigenvalue weighted by molar-refractivity contribution is -0.141. The first-order chi connectivity index (χ1) is 14.9. The van der Waals surface area contributed by atoms with E-state index in [1.165, 1.54) is 11.7 Å². The Morgan fingerprint density at radius 1 is 1.03 bits per heavy atom. The van der Waals surface area contributed by atoms with Crippen molar-refractivity contribution in [3.05, 3.63) is 26.7 Å². The molecule has 3 fully saturated rings. The third-order valence-electron chi connectivity index (χ3n) is 7.75. The van der Waals surface area contributed by atoms with E-state index in [2.05, 4.69) is 4.98 Å². The van der Waals surface area contributed by atoms with Gasteiger partial charge in [-0.1, -0.05) is 13.8 Å². The summed E-state index contributed by atoms with van der Waals surface area (Å²) in [6.45, 7) is 4.96. The zero-order chi connectivity index (χ0) is 22.2. The molecule has 0 atom stereocenters. The number of aryl methyl sites for hydroxylation is 1. The van der Waals surface area contributed by atoms with Crippen LogP contribution in [0, 0.1) is 5.41 Å². The number of fused-ring (bicyclic) bond motifs is 4. The van der Waals surface area contributed by atoms with E-state index in [-0.39, 0.29) is 28.0 Å². The van der Waals surface area contributed by atoms with E-state index in [1.54, 1.807) is 4.57 Å². The van der Waals surface area contributed by atoms with E-state index in [4.69, 9.17) is 9.72 Å². The highest BCUT2D eigenvalue weighted by atomic mass is 16.5. The van der Waals surface area contributed by atoms with Gasteiger partial charge >= 0.3 is 11.7 Å². The van der Waals surface area contributed by atoms with Gasteiger partial charge < -0.3 is 9.72 Å². The summed E-state index contributed by atoms with van der Waals surface area (Å²) in [6, 6.07) is 0. The molecule has 3 aliphatic carbocycles. The Morgan fingerprint density at radius 2 is 1.65 bits per heavy atom. The summed E-state index contributed by atoms with van der Waals surface area (Å²) in [5.74, 6) is 0.727. The quantitative estimate of drug-likeness (QED) is 0.648. The summed E-state index contributed by atoms with van der Waals surface area (Å²) in [5.41, 5.74) is 0.594. The number of aromatic amines is 1. The predicted octanol–water partition coefficient (Wildman–Crippen LogP) is 3.25. The van der Waals surface area contributed by atoms with Gasteiger partial charge in [-0.15, -0.1) is 0 Å². The Kier molecular flexibility index (Phi) is 5.83. The zero-order valence-corrected chi connectivity index (χ0v) is 19.0. The molecule has 2 aromatic heterocycles. The molecular weight excluding hydrogens is 396 g/mol. The van der Waals surface area contributed by atoms with Crippen molar-refractivity contribution in [2.75, 3.05) is 7.11 Å². The molecule has 0 aliphatic heterocycles. The Bertz CT molecular complexity index is 1070. The zero-order valence-electron chi connectivity index (χ0n) is 19.0. The van der Waals surface area contributed by atoms with Crippen molar-refractivity contribution in [1.29, 1.82) is 0 Å². The van der Waals surface area contributed by atoms with Gasteiger partial charge in [0.2, 0.25) is 0 Å². The van der Waals surface area contributed by atoms with Crippen molar-refractivity contribution in [3.8, 4) is 0 Å². The lowest BCUT2D eigenvalue weighted by Gasteiger charge is -2.52. The molecular formula is C23H34N4O4. The van der Waals surface area contributed by atoms with Crippen molar-refractivity contribution < 1.29 is 9.53 Å². The molecule has 0 saturated heterocycles. The smallest absolute Gasteiger partial charge is 0.332 e. The van der Waals surface area contributed by atoms with Crippen molar-refractivity contribution >= 4 is 17.1 Å². The maximum atomic E-state index is 13.1. The van der Waals surface area contributed by atoms with Crippen LogP contribution in [0.15, 0.2) is 9.59 Å². The Balaban J connectivity index is 1.68. The number of aromatic nitrogens is 4. The van der Waals surface area contributed by atoms with Crippen LogP contribution in [0.2, 0.25) is 0 Å². The average Bonchev–Trinajstić information content (AvgIpc) is 3.25. The van der Waals surface area contributed by atoms with Crippen LogP contribution >= 0.6 is 0 Å². The van der Waals surface area contributed by atoms with Gasteiger partial charge in [-0.2, -0.15) is 0 Å². The number of nitrogens with one attached hydrogen (secondary N) is 1. The number of H-pyrrole nitrogens is 1. The van der Waals surface area contributed by atoms with Gasteiger partial charge in [-0.05, 0) is 63.2 Å². The maximum absolute atomic E-state index is 13.1. The first kappa shape index (κ1) is 21.8. The number of carbonyl (C=O) groups excluding carboxylic acids is 1. The topological polar surface area (TPSA) is 99.0 Å². The molecule has 3 aliphatic rings. The summed E-state index contributed by atoms with van der Waals surface area (Å²) in [7, 11) is 1.45. The third kappa shape index (κ3) is 3.64. The normalized spacial score (nSPS) is 25.3. The van der Waals surface area contributed by atoms with E-state index in [9.17, 15) is 14.4 Å². The molecule has 2 bridgehead atoms. The number of nitrogens with zero attached hydrogens (tertiary/aromatic N) is 3. The van der Waals surface area contributed by atoms with Gasteiger partial charge in [0.05, 0.1) is 7.11 Å². The van der Waals surface area contributed by atoms with E-state index in [0.717, 1.165) is 63.6 Å². The van der Waals surface area contributed by atoms with Crippen molar-refractivity contribution in [3.63, 3.8) is 0 Å². The van der Waals surface area contributed by atoms with Gasteiger partial charge in [0.15, 0.2) is 5.65 Å². The molecule has 170 valence electrons. The molecule has 5 rings (SSSR count). The monoisotopic (exact) mass is 430 g/mol. The molecule has 0 unspecified atom stereocenters. The molecule has 0 aromatic carbocycles. The summed E-state index contributed by atoms with van der Waals surface area (Å²) in [4.78, 5) is 45.9. The fourth-order valence-corrected chi connectivity index (χ4v) is 5.73. The van der Waals surface area contributed by atoms with E-state index in [0.29, 0.717) is 30.7 Å². The van der Waals surface area contributed by atoms with Gasteiger partial charge in [0.25, 0.3) is 5.56 Å². The molecule has 0 amide bonds. The fraction of sp³-hybridized carbons (Fsp3) is 0.739. The van der Waals surface area contributed by atoms with E-state index in [1.807, 2.05) is 13.8 Å². The first-order valence-electron chi connectivity index (χ1n) is 11.7. The van der Waals surface area contributed by atoms with Crippen LogP contribution < -0.4 is 11.2 Å². The minimum Gasteiger partial charge on any atom is -0.469 e. The third-order valence-corrected chi connectivity index (χ3v) is 7.75. The standard InChI is InChI=1S/C23H34N4O4/c1-4-14-26-18-17(19(29)27(15-5-2)21(26)30)24-20(25-18)23-11-8-22(9-12-23,10-13-23)7-6-16(28)31-3/h4-15H2,1-3H3,(H,24,25). The highest BCUT2D eigenvalue weighted by molar-refractivity contribution is 5.70. The highest BCUT2D eigenvalue weighted by Crippen LogP contribution is 2.59. The number of hydrogen-bond acceptors (Lipinski definition) is 5. The van der Waals surface area contributed by atoms with Crippen LogP contribution in [0.5, 0.6) is 0 Å². The summed E-state index contributed by atoms with van der Waals surface area (Å²) in [6.07, 6.45) is 9.05. The number of carbonyl (C=O) groups is 1. The number of rotatable bonds is 8. The lowest BCUT2D eigenvalue weighted by Crippen LogP contribution is -2.45. The molecule has 3 saturated carbocycles. The van der Waals surface area contributed by atoms with Crippen molar-refractivity contribution in [2.24, 2.45) is 5.41 Å². The molecule has 2 heterocycles. The minimum absolute atomic E-state index is 0.0683. The van der Waals surface area contributed by atoms with Crippen LogP contribution in [0.25, 0.3) is 11.2 Å². The summed E-state index contributed by atoms with van der Waals surface area (Å²) < 4.78 is 7.84. The van der Waals surface area contributed by atoms with Crippen LogP contribution in [-0.4, -0.2) is 32.2 Å². The van der Waals surface area contributed by atoms with Crippen LogP contribution in [0.1, 0.15) is 83.9 Å². The number of hydrogen-bond donors (Lipinski definition) is 1. The lowest BCUT2D eigenvalue weighted by atomic mass is 9.52. The second-order valence-corrected chi connectivity index (χ2v) is 9.53. The van der Waals surface area contributed by atoms with Crippen LogP contribution in [0.3, 0.4) is 0 Å². The number of esters is 1. The molecule has 8 nitrogen and oxygen atoms in total. The molecule has 31 heavy (non-hydrogen) atoms. The number of methoxy groups -OCH3 is 1. The van der Waals surface area contributed by atoms with E-state index >= 15 is 0 Å². The minimum atomic E-state index is -0.261. The summed E-state index contributed by atoms with van der Waals surface area (Å²) >= 11 is 0. The Hall–Kier alpha value is -2.38. The Morgan fingerprint density at radius 3 is 2.23 bits per heavy atom. The molecule has 2 aromatic rings. The Labute approximate surface area is 182 Å². The van der Waals surface area contributed by atoms with Gasteiger partial charge in [0.1, 0.15) is 11.3 Å². The average molecular weight is 431 g/mol. The summed E-state index contributed by atoms with van der Waals surface area (Å²) in [5, 5.41) is 0. The molecule has 1 N–H and O–H groups in total. The van der Waals surface area contributed by atoms with Crippen molar-refractivity contribution in [2.45, 2.75) is 96.6 Å². The van der Waals surface area contributed by atoms with Gasteiger partial charge in [0, 0.05) is 24.9 Å². The maximum Gasteiger partial charge on any atom is 0.332 e. The predicted molar refractivity (Wildman–Crippen MR) is 118 cm³/mol. The number of imidazole rings is 1.